The Morgan fingerprint density at radius 2 is 1.78 bits per heavy atom. The summed E-state index contributed by atoms with van der Waals surface area (Å²) in [5, 5.41) is 2.77. The number of hydrogen-bond acceptors (Lipinski definition) is 4. The third-order valence-electron chi connectivity index (χ3n) is 5.42. The molecule has 0 spiro atoms. The molecule has 1 amide bonds. The number of carbonyl (C=O) groups is 1. The Kier molecular flexibility index (Phi) is 7.16. The first-order valence-corrected chi connectivity index (χ1v) is 12.3. The van der Waals surface area contributed by atoms with E-state index in [9.17, 15) is 26.4 Å². The molecule has 0 atom stereocenters. The highest BCUT2D eigenvalue weighted by atomic mass is 32.2. The van der Waals surface area contributed by atoms with E-state index < -0.39 is 27.7 Å². The molecule has 190 valence electrons. The minimum atomic E-state index is -4.61. The van der Waals surface area contributed by atoms with Crippen molar-refractivity contribution in [1.29, 1.82) is 0 Å². The number of halogens is 3. The van der Waals surface area contributed by atoms with Crippen LogP contribution in [0.5, 0.6) is 0 Å². The fourth-order valence-electron chi connectivity index (χ4n) is 3.51. The number of H-pyrrole nitrogens is 1. The summed E-state index contributed by atoms with van der Waals surface area (Å²) in [4.78, 5) is 19.6. The van der Waals surface area contributed by atoms with Crippen LogP contribution in [0.15, 0.2) is 96.2 Å². The molecule has 0 bridgehead atoms. The van der Waals surface area contributed by atoms with Crippen LogP contribution in [0.4, 0.5) is 24.5 Å². The van der Waals surface area contributed by atoms with Crippen molar-refractivity contribution in [3.63, 3.8) is 0 Å². The second-order valence-corrected chi connectivity index (χ2v) is 9.87. The number of carbonyl (C=O) groups excluding carboxylic acids is 1. The molecule has 1 aromatic heterocycles. The SMILES string of the molecule is CN(c1cccc(C(F)(F)F)c1)S(=O)(=O)c1cccc(/C=C/C(=O)Nc2ccccc2-c2ncc[nH]2)c1. The molecule has 0 aliphatic rings. The largest absolute Gasteiger partial charge is 0.416 e. The van der Waals surface area contributed by atoms with Crippen molar-refractivity contribution >= 4 is 33.4 Å². The summed E-state index contributed by atoms with van der Waals surface area (Å²) in [6, 6.07) is 16.9. The van der Waals surface area contributed by atoms with E-state index in [1.165, 1.54) is 43.5 Å². The van der Waals surface area contributed by atoms with Crippen LogP contribution in [0.25, 0.3) is 17.5 Å². The van der Waals surface area contributed by atoms with Gasteiger partial charge in [-0.3, -0.25) is 9.10 Å². The van der Waals surface area contributed by atoms with Crippen LogP contribution >= 0.6 is 0 Å². The molecule has 0 unspecified atom stereocenters. The minimum absolute atomic E-state index is 0.134. The van der Waals surface area contributed by atoms with E-state index in [4.69, 9.17) is 0 Å². The normalized spacial score (nSPS) is 12.0. The van der Waals surface area contributed by atoms with Gasteiger partial charge >= 0.3 is 6.18 Å². The average molecular weight is 527 g/mol. The monoisotopic (exact) mass is 526 g/mol. The van der Waals surface area contributed by atoms with Gasteiger partial charge in [0.25, 0.3) is 10.0 Å². The number of nitrogens with one attached hydrogen (secondary N) is 2. The molecule has 0 radical (unpaired) electrons. The smallest absolute Gasteiger partial charge is 0.345 e. The molecule has 4 aromatic rings. The molecule has 11 heteroatoms. The van der Waals surface area contributed by atoms with Crippen LogP contribution in [-0.2, 0) is 21.0 Å². The first kappa shape index (κ1) is 25.7. The molecule has 3 aromatic carbocycles. The van der Waals surface area contributed by atoms with E-state index in [-0.39, 0.29) is 10.6 Å². The summed E-state index contributed by atoms with van der Waals surface area (Å²) in [5.41, 5.74) is 0.549. The number of sulfonamides is 1. The molecule has 1 heterocycles. The predicted octanol–water partition coefficient (Wildman–Crippen LogP) is 5.57. The Balaban J connectivity index is 1.52. The van der Waals surface area contributed by atoms with Gasteiger partial charge in [-0.15, -0.1) is 0 Å². The molecular formula is C26H21F3N4O3S. The number of anilines is 2. The van der Waals surface area contributed by atoms with Gasteiger partial charge in [0.05, 0.1) is 21.8 Å². The van der Waals surface area contributed by atoms with Crippen LogP contribution in [-0.4, -0.2) is 31.3 Å². The van der Waals surface area contributed by atoms with Crippen molar-refractivity contribution in [2.45, 2.75) is 11.1 Å². The van der Waals surface area contributed by atoms with Crippen LogP contribution in [0.3, 0.4) is 0 Å². The second kappa shape index (κ2) is 10.3. The molecule has 7 nitrogen and oxygen atoms in total. The lowest BCUT2D eigenvalue weighted by Crippen LogP contribution is -2.27. The lowest BCUT2D eigenvalue weighted by Gasteiger charge is -2.21. The maximum atomic E-state index is 13.1. The van der Waals surface area contributed by atoms with Gasteiger partial charge < -0.3 is 10.3 Å². The van der Waals surface area contributed by atoms with Gasteiger partial charge in [0.1, 0.15) is 5.82 Å². The molecule has 0 aliphatic carbocycles. The molecule has 0 fully saturated rings. The van der Waals surface area contributed by atoms with Crippen molar-refractivity contribution in [2.24, 2.45) is 0 Å². The van der Waals surface area contributed by atoms with Crippen LogP contribution in [0.1, 0.15) is 11.1 Å². The molecular weight excluding hydrogens is 505 g/mol. The lowest BCUT2D eigenvalue weighted by atomic mass is 10.1. The van der Waals surface area contributed by atoms with E-state index in [0.29, 0.717) is 22.6 Å². The Bertz CT molecular complexity index is 1550. The maximum absolute atomic E-state index is 13.1. The number of rotatable bonds is 7. The first-order chi connectivity index (χ1) is 17.6. The average Bonchev–Trinajstić information content (AvgIpc) is 3.42. The fraction of sp³-hybridized carbons (Fsp3) is 0.0769. The zero-order valence-corrected chi connectivity index (χ0v) is 20.2. The number of alkyl halides is 3. The summed E-state index contributed by atoms with van der Waals surface area (Å²) in [6.45, 7) is 0. The quantitative estimate of drug-likeness (QED) is 0.308. The third kappa shape index (κ3) is 5.89. The van der Waals surface area contributed by atoms with Crippen LogP contribution in [0, 0.1) is 0 Å². The fourth-order valence-corrected chi connectivity index (χ4v) is 4.75. The summed E-state index contributed by atoms with van der Waals surface area (Å²) in [7, 11) is -3.00. The van der Waals surface area contributed by atoms with E-state index in [0.717, 1.165) is 22.5 Å². The van der Waals surface area contributed by atoms with E-state index in [1.807, 2.05) is 6.07 Å². The van der Waals surface area contributed by atoms with Crippen LogP contribution < -0.4 is 9.62 Å². The molecule has 0 aliphatic heterocycles. The number of hydrogen-bond donors (Lipinski definition) is 2. The zero-order valence-electron chi connectivity index (χ0n) is 19.4. The topological polar surface area (TPSA) is 95.2 Å². The van der Waals surface area contributed by atoms with Crippen molar-refractivity contribution in [3.8, 4) is 11.4 Å². The van der Waals surface area contributed by atoms with Crippen molar-refractivity contribution in [3.05, 3.63) is 102 Å². The zero-order chi connectivity index (χ0) is 26.6. The highest BCUT2D eigenvalue weighted by molar-refractivity contribution is 7.92. The van der Waals surface area contributed by atoms with Gasteiger partial charge in [-0.05, 0) is 54.1 Å². The minimum Gasteiger partial charge on any atom is -0.345 e. The Morgan fingerprint density at radius 3 is 2.51 bits per heavy atom. The molecule has 0 saturated carbocycles. The number of benzene rings is 3. The van der Waals surface area contributed by atoms with E-state index >= 15 is 0 Å². The number of para-hydroxylation sites is 1. The van der Waals surface area contributed by atoms with Crippen molar-refractivity contribution < 1.29 is 26.4 Å². The van der Waals surface area contributed by atoms with E-state index in [1.54, 1.807) is 36.7 Å². The highest BCUT2D eigenvalue weighted by Crippen LogP contribution is 2.33. The standard InChI is InChI=1S/C26H21F3N4O3S/c1-33(20-8-5-7-19(17-20)26(27,28)29)37(35,36)21-9-4-6-18(16-21)12-13-24(34)32-23-11-3-2-10-22(23)25-30-14-15-31-25/h2-17H,1H3,(H,30,31)(H,32,34)/b13-12+. The van der Waals surface area contributed by atoms with Gasteiger partial charge in [0.15, 0.2) is 0 Å². The summed E-state index contributed by atoms with van der Waals surface area (Å²) in [6.07, 6.45) is 1.35. The van der Waals surface area contributed by atoms with Gasteiger partial charge in [-0.25, -0.2) is 13.4 Å². The van der Waals surface area contributed by atoms with Gasteiger partial charge in [0, 0.05) is 31.1 Å². The molecule has 37 heavy (non-hydrogen) atoms. The van der Waals surface area contributed by atoms with Crippen molar-refractivity contribution in [1.82, 2.24) is 9.97 Å². The molecule has 0 saturated heterocycles. The van der Waals surface area contributed by atoms with Gasteiger partial charge in [-0.2, -0.15) is 13.2 Å². The number of amides is 1. The number of aromatic nitrogens is 2. The number of imidazole rings is 1. The van der Waals surface area contributed by atoms with Gasteiger partial charge in [0.2, 0.25) is 5.91 Å². The summed E-state index contributed by atoms with van der Waals surface area (Å²) < 4.78 is 66.2. The highest BCUT2D eigenvalue weighted by Gasteiger charge is 2.31. The number of aromatic amines is 1. The predicted molar refractivity (Wildman–Crippen MR) is 135 cm³/mol. The number of nitrogens with zero attached hydrogens (tertiary/aromatic N) is 2. The maximum Gasteiger partial charge on any atom is 0.416 e. The Hall–Kier alpha value is -4.38. The third-order valence-corrected chi connectivity index (χ3v) is 7.20. The molecule has 4 rings (SSSR count). The second-order valence-electron chi connectivity index (χ2n) is 7.90. The Labute approximate surface area is 211 Å². The first-order valence-electron chi connectivity index (χ1n) is 10.9. The lowest BCUT2D eigenvalue weighted by molar-refractivity contribution is -0.137. The van der Waals surface area contributed by atoms with Crippen molar-refractivity contribution in [2.75, 3.05) is 16.7 Å². The van der Waals surface area contributed by atoms with Gasteiger partial charge in [-0.1, -0.05) is 30.3 Å². The molecule has 2 N–H and O–H groups in total. The Morgan fingerprint density at radius 1 is 1.03 bits per heavy atom. The van der Waals surface area contributed by atoms with E-state index in [2.05, 4.69) is 15.3 Å². The summed E-state index contributed by atoms with van der Waals surface area (Å²) in [5.74, 6) is 0.135. The summed E-state index contributed by atoms with van der Waals surface area (Å²) >= 11 is 0. The van der Waals surface area contributed by atoms with Crippen LogP contribution in [0.2, 0.25) is 0 Å².